The fourth-order valence-corrected chi connectivity index (χ4v) is 5.38. The number of rotatable bonds is 4. The second-order valence-corrected chi connectivity index (χ2v) is 9.33. The third-order valence-corrected chi connectivity index (χ3v) is 6.86. The van der Waals surface area contributed by atoms with E-state index < -0.39 is 0 Å². The highest BCUT2D eigenvalue weighted by atomic mass is 79.9. The number of nitrogens with zero attached hydrogens (tertiary/aromatic N) is 3. The largest absolute Gasteiger partial charge is 0.507 e. The zero-order chi connectivity index (χ0) is 21.5. The molecule has 0 radical (unpaired) electrons. The molecule has 0 unspecified atom stereocenters. The number of aromatic nitrogens is 1. The van der Waals surface area contributed by atoms with Gasteiger partial charge in [0, 0.05) is 39.7 Å². The predicted molar refractivity (Wildman–Crippen MR) is 125 cm³/mol. The molecule has 1 aromatic heterocycles. The fraction of sp³-hybridized carbons (Fsp3) is 0.333. The molecule has 1 aliphatic heterocycles. The molecule has 0 saturated carbocycles. The lowest BCUT2D eigenvalue weighted by molar-refractivity contribution is -0.123. The van der Waals surface area contributed by atoms with Crippen LogP contribution in [-0.4, -0.2) is 39.8 Å². The smallest absolute Gasteiger partial charge is 0.254 e. The quantitative estimate of drug-likeness (QED) is 0.432. The van der Waals surface area contributed by atoms with Crippen LogP contribution in [0.1, 0.15) is 41.3 Å². The van der Waals surface area contributed by atoms with Crippen LogP contribution in [0.25, 0.3) is 10.9 Å². The van der Waals surface area contributed by atoms with Crippen LogP contribution in [0, 0.1) is 6.92 Å². The first-order chi connectivity index (χ1) is 15.0. The zero-order valence-corrected chi connectivity index (χ0v) is 19.0. The van der Waals surface area contributed by atoms with Crippen LogP contribution < -0.4 is 5.43 Å². The van der Waals surface area contributed by atoms with Gasteiger partial charge in [-0.1, -0.05) is 27.6 Å². The lowest BCUT2D eigenvalue weighted by atomic mass is 9.89. The van der Waals surface area contributed by atoms with E-state index in [9.17, 15) is 9.90 Å². The first-order valence-electron chi connectivity index (χ1n) is 10.7. The van der Waals surface area contributed by atoms with Crippen molar-refractivity contribution in [1.29, 1.82) is 0 Å². The molecule has 1 aliphatic carbocycles. The van der Waals surface area contributed by atoms with Gasteiger partial charge in [-0.05, 0) is 62.1 Å². The molecule has 31 heavy (non-hydrogen) atoms. The molecule has 0 spiro atoms. The Labute approximate surface area is 189 Å². The molecule has 7 heteroatoms. The molecular formula is C24H25BrN4O2. The van der Waals surface area contributed by atoms with Crippen molar-refractivity contribution in [3.63, 3.8) is 0 Å². The Hall–Kier alpha value is -2.64. The van der Waals surface area contributed by atoms with E-state index in [2.05, 4.69) is 61.0 Å². The van der Waals surface area contributed by atoms with E-state index in [1.54, 1.807) is 18.2 Å². The maximum absolute atomic E-state index is 12.6. The van der Waals surface area contributed by atoms with Crippen molar-refractivity contribution in [1.82, 2.24) is 14.9 Å². The predicted octanol–water partition coefficient (Wildman–Crippen LogP) is 4.26. The number of hydrogen-bond donors (Lipinski definition) is 2. The van der Waals surface area contributed by atoms with Gasteiger partial charge in [0.25, 0.3) is 5.91 Å². The second kappa shape index (κ2) is 8.13. The first kappa shape index (κ1) is 20.3. The average molecular weight is 481 g/mol. The van der Waals surface area contributed by atoms with Gasteiger partial charge in [0.1, 0.15) is 5.75 Å². The molecule has 2 heterocycles. The molecule has 0 saturated heterocycles. The van der Waals surface area contributed by atoms with Gasteiger partial charge in [-0.25, -0.2) is 5.43 Å². The molecule has 0 fully saturated rings. The molecule has 5 rings (SSSR count). The lowest BCUT2D eigenvalue weighted by Gasteiger charge is -2.39. The molecule has 3 aromatic rings. The molecule has 2 N–H and O–H groups in total. The van der Waals surface area contributed by atoms with Gasteiger partial charge in [0.15, 0.2) is 0 Å². The summed E-state index contributed by atoms with van der Waals surface area (Å²) in [6.07, 6.45) is 4.79. The lowest BCUT2D eigenvalue weighted by Crippen LogP contribution is -2.44. The third kappa shape index (κ3) is 3.77. The molecule has 2 aromatic carbocycles. The Kier molecular flexibility index (Phi) is 5.32. The summed E-state index contributed by atoms with van der Waals surface area (Å²) < 4.78 is 3.31. The molecule has 0 bridgehead atoms. The minimum absolute atomic E-state index is 0.120. The summed E-state index contributed by atoms with van der Waals surface area (Å²) in [6.45, 7) is 4.20. The highest BCUT2D eigenvalue weighted by Crippen LogP contribution is 2.42. The molecule has 1 amide bonds. The van der Waals surface area contributed by atoms with Gasteiger partial charge in [0.2, 0.25) is 0 Å². The minimum Gasteiger partial charge on any atom is -0.507 e. The number of aromatic hydroxyl groups is 1. The second-order valence-electron chi connectivity index (χ2n) is 8.41. The van der Waals surface area contributed by atoms with Crippen LogP contribution in [-0.2, 0) is 17.8 Å². The van der Waals surface area contributed by atoms with Crippen LogP contribution in [0.5, 0.6) is 5.75 Å². The SMILES string of the molecule is Cc1ccc2c(c1)c1c3n2CCN(CC(=O)N/N=C\c2cc(Br)ccc2O)[C@H]3CCC1. The molecule has 6 nitrogen and oxygen atoms in total. The van der Waals surface area contributed by atoms with E-state index in [4.69, 9.17) is 0 Å². The van der Waals surface area contributed by atoms with E-state index in [-0.39, 0.29) is 17.7 Å². The number of halogens is 1. The summed E-state index contributed by atoms with van der Waals surface area (Å²) in [5, 5.41) is 15.3. The Bertz CT molecular complexity index is 1200. The molecule has 2 aliphatic rings. The number of carbonyl (C=O) groups excluding carboxylic acids is 1. The van der Waals surface area contributed by atoms with Crippen LogP contribution in [0.15, 0.2) is 46.0 Å². The Morgan fingerprint density at radius 1 is 1.29 bits per heavy atom. The standard InChI is InChI=1S/C24H25BrN4O2/c1-15-5-7-20-19(11-15)18-3-2-4-21-24(18)29(20)10-9-28(21)14-23(31)27-26-13-16-12-17(25)6-8-22(16)30/h5-8,11-13,21,30H,2-4,9-10,14H2,1H3,(H,27,31)/b26-13-/t21-/m0/s1. The number of nitrogens with one attached hydrogen (secondary N) is 1. The Morgan fingerprint density at radius 2 is 2.16 bits per heavy atom. The van der Waals surface area contributed by atoms with Crippen LogP contribution in [0.2, 0.25) is 0 Å². The number of hydrogen-bond acceptors (Lipinski definition) is 4. The monoisotopic (exact) mass is 480 g/mol. The number of phenolic OH excluding ortho intramolecular Hbond substituents is 1. The van der Waals surface area contributed by atoms with Crippen LogP contribution >= 0.6 is 15.9 Å². The molecular weight excluding hydrogens is 456 g/mol. The van der Waals surface area contributed by atoms with Gasteiger partial charge < -0.3 is 9.67 Å². The van der Waals surface area contributed by atoms with Crippen LogP contribution in [0.4, 0.5) is 0 Å². The summed E-state index contributed by atoms with van der Waals surface area (Å²) in [5.41, 5.74) is 8.64. The Balaban J connectivity index is 1.32. The topological polar surface area (TPSA) is 69.9 Å². The van der Waals surface area contributed by atoms with Gasteiger partial charge in [-0.3, -0.25) is 9.69 Å². The number of benzene rings is 2. The number of phenols is 1. The van der Waals surface area contributed by atoms with Crippen molar-refractivity contribution >= 4 is 39.0 Å². The highest BCUT2D eigenvalue weighted by Gasteiger charge is 2.35. The van der Waals surface area contributed by atoms with E-state index in [0.717, 1.165) is 36.8 Å². The summed E-state index contributed by atoms with van der Waals surface area (Å²) in [7, 11) is 0. The minimum atomic E-state index is -0.140. The average Bonchev–Trinajstić information content (AvgIpc) is 3.07. The maximum Gasteiger partial charge on any atom is 0.254 e. The van der Waals surface area contributed by atoms with Crippen molar-refractivity contribution in [2.75, 3.05) is 13.1 Å². The summed E-state index contributed by atoms with van der Waals surface area (Å²) in [5.74, 6) is -0.0201. The fourth-order valence-electron chi connectivity index (χ4n) is 5.00. The van der Waals surface area contributed by atoms with E-state index >= 15 is 0 Å². The zero-order valence-electron chi connectivity index (χ0n) is 17.4. The van der Waals surface area contributed by atoms with E-state index in [1.807, 2.05) is 0 Å². The van der Waals surface area contributed by atoms with Gasteiger partial charge in [-0.2, -0.15) is 5.10 Å². The number of aryl methyl sites for hydroxylation is 2. The number of amides is 1. The summed E-state index contributed by atoms with van der Waals surface area (Å²) in [4.78, 5) is 14.9. The van der Waals surface area contributed by atoms with Crippen molar-refractivity contribution < 1.29 is 9.90 Å². The van der Waals surface area contributed by atoms with E-state index in [0.29, 0.717) is 12.1 Å². The number of hydrazone groups is 1. The van der Waals surface area contributed by atoms with E-state index in [1.165, 1.54) is 33.9 Å². The third-order valence-electron chi connectivity index (χ3n) is 6.37. The van der Waals surface area contributed by atoms with Crippen molar-refractivity contribution in [2.24, 2.45) is 5.10 Å². The summed E-state index contributed by atoms with van der Waals surface area (Å²) >= 11 is 3.37. The van der Waals surface area contributed by atoms with Crippen molar-refractivity contribution in [3.05, 3.63) is 63.3 Å². The molecule has 160 valence electrons. The number of fused-ring (bicyclic) bond motifs is 3. The summed E-state index contributed by atoms with van der Waals surface area (Å²) in [6, 6.07) is 12.1. The van der Waals surface area contributed by atoms with Crippen LogP contribution in [0.3, 0.4) is 0 Å². The number of carbonyl (C=O) groups is 1. The first-order valence-corrected chi connectivity index (χ1v) is 11.5. The Morgan fingerprint density at radius 3 is 3.03 bits per heavy atom. The van der Waals surface area contributed by atoms with Crippen molar-refractivity contribution in [3.8, 4) is 5.75 Å². The van der Waals surface area contributed by atoms with Crippen molar-refractivity contribution in [2.45, 2.75) is 38.8 Å². The normalized spacial score (nSPS) is 18.5. The highest BCUT2D eigenvalue weighted by molar-refractivity contribution is 9.10. The maximum atomic E-state index is 12.6. The van der Waals surface area contributed by atoms with Gasteiger partial charge >= 0.3 is 0 Å². The van der Waals surface area contributed by atoms with Gasteiger partial charge in [-0.15, -0.1) is 0 Å². The van der Waals surface area contributed by atoms with Gasteiger partial charge in [0.05, 0.1) is 18.8 Å². The molecule has 1 atom stereocenters.